The number of hydrogen-bond acceptors (Lipinski definition) is 5. The molecule has 0 bridgehead atoms. The van der Waals surface area contributed by atoms with Gasteiger partial charge in [0.2, 0.25) is 5.91 Å². The van der Waals surface area contributed by atoms with Gasteiger partial charge in [-0.3, -0.25) is 9.59 Å². The van der Waals surface area contributed by atoms with Gasteiger partial charge < -0.3 is 20.3 Å². The van der Waals surface area contributed by atoms with Crippen LogP contribution in [0.25, 0.3) is 0 Å². The summed E-state index contributed by atoms with van der Waals surface area (Å²) < 4.78 is 5.52. The number of hydrogen-bond donors (Lipinski definition) is 3. The Morgan fingerprint density at radius 2 is 0.490 bits per heavy atom. The third-order valence-corrected chi connectivity index (χ3v) is 21.2. The number of rotatable bonds is 85. The standard InChI is InChI=1S/C90H175NO5/c1-3-5-7-9-11-13-15-17-19-21-23-24-25-41-44-47-50-54-58-62-66-70-74-78-82-88(93)87(86-92)91-89(94)83-79-75-71-67-63-59-55-51-48-45-42-39-37-35-33-31-29-27-26-28-30-32-34-36-38-40-43-46-49-53-57-61-65-69-73-77-81-85-96-90(95)84-80-76-72-68-64-60-56-52-22-20-18-16-14-12-10-8-6-4-2/h20,22,26,28,87-88,92-93H,3-19,21,23-25,27,29-86H2,1-2H3,(H,91,94)/b22-20-,28-26-. The second-order valence-corrected chi connectivity index (χ2v) is 30.9. The number of unbranched alkanes of at least 4 members (excludes halogenated alkanes) is 70. The predicted octanol–water partition coefficient (Wildman–Crippen LogP) is 29.9. The number of aliphatic hydroxyl groups excluding tert-OH is 2. The van der Waals surface area contributed by atoms with Crippen LogP contribution in [0.2, 0.25) is 0 Å². The highest BCUT2D eigenvalue weighted by atomic mass is 16.5. The molecule has 0 saturated carbocycles. The van der Waals surface area contributed by atoms with Crippen LogP contribution in [-0.2, 0) is 14.3 Å². The number of esters is 1. The predicted molar refractivity (Wildman–Crippen MR) is 426 cm³/mol. The van der Waals surface area contributed by atoms with Crippen molar-refractivity contribution in [1.82, 2.24) is 5.32 Å². The molecule has 0 fully saturated rings. The SMILES string of the molecule is CCCCCCCCC/C=C\CCCCCCCCCC(=O)OCCCCCCCCCCCCCCCCCC/C=C\CCCCCCCCCCCCCCCCCCCC(=O)NC(CO)C(O)CCCCCCCCCCCCCCCCCCCCCCCCCC. The molecule has 0 aromatic carbocycles. The maximum atomic E-state index is 12.6. The van der Waals surface area contributed by atoms with E-state index in [0.29, 0.717) is 25.9 Å². The van der Waals surface area contributed by atoms with Gasteiger partial charge >= 0.3 is 5.97 Å². The first kappa shape index (κ1) is 94.3. The Bertz CT molecular complexity index is 1510. The second kappa shape index (κ2) is 85.8. The Balaban J connectivity index is 3.33. The van der Waals surface area contributed by atoms with E-state index in [1.807, 2.05) is 0 Å². The molecule has 0 heterocycles. The first-order valence-corrected chi connectivity index (χ1v) is 44.6. The Morgan fingerprint density at radius 1 is 0.281 bits per heavy atom. The molecule has 6 nitrogen and oxygen atoms in total. The maximum Gasteiger partial charge on any atom is 0.305 e. The van der Waals surface area contributed by atoms with E-state index in [4.69, 9.17) is 4.74 Å². The average Bonchev–Trinajstić information content (AvgIpc) is 2.88. The number of amides is 1. The van der Waals surface area contributed by atoms with E-state index in [0.717, 1.165) is 38.5 Å². The maximum absolute atomic E-state index is 12.6. The van der Waals surface area contributed by atoms with Gasteiger partial charge in [-0.05, 0) is 77.0 Å². The minimum atomic E-state index is -0.663. The van der Waals surface area contributed by atoms with Crippen LogP contribution in [-0.4, -0.2) is 47.4 Å². The lowest BCUT2D eigenvalue weighted by molar-refractivity contribution is -0.143. The minimum Gasteiger partial charge on any atom is -0.466 e. The monoisotopic (exact) mass is 1350 g/mol. The van der Waals surface area contributed by atoms with Crippen molar-refractivity contribution in [3.8, 4) is 0 Å². The smallest absolute Gasteiger partial charge is 0.305 e. The van der Waals surface area contributed by atoms with Crippen LogP contribution in [0.3, 0.4) is 0 Å². The van der Waals surface area contributed by atoms with Crippen molar-refractivity contribution in [2.24, 2.45) is 0 Å². The van der Waals surface area contributed by atoms with Gasteiger partial charge in [0.05, 0.1) is 25.4 Å². The lowest BCUT2D eigenvalue weighted by Gasteiger charge is -2.22. The molecule has 570 valence electrons. The molecule has 2 unspecified atom stereocenters. The molecular formula is C90H175NO5. The number of ether oxygens (including phenoxy) is 1. The zero-order chi connectivity index (χ0) is 69.1. The van der Waals surface area contributed by atoms with Crippen molar-refractivity contribution in [2.45, 2.75) is 527 Å². The summed E-state index contributed by atoms with van der Waals surface area (Å²) in [5.74, 6) is -0.00466. The van der Waals surface area contributed by atoms with Crippen LogP contribution in [0.1, 0.15) is 515 Å². The molecule has 96 heavy (non-hydrogen) atoms. The second-order valence-electron chi connectivity index (χ2n) is 30.9. The first-order chi connectivity index (χ1) is 47.5. The molecule has 0 saturated heterocycles. The van der Waals surface area contributed by atoms with Crippen molar-refractivity contribution in [2.75, 3.05) is 13.2 Å². The summed E-state index contributed by atoms with van der Waals surface area (Å²) in [4.78, 5) is 24.7. The minimum absolute atomic E-state index is 0.0199. The van der Waals surface area contributed by atoms with Gasteiger partial charge in [0.1, 0.15) is 0 Å². The largest absolute Gasteiger partial charge is 0.466 e. The highest BCUT2D eigenvalue weighted by Gasteiger charge is 2.20. The third-order valence-electron chi connectivity index (χ3n) is 21.2. The van der Waals surface area contributed by atoms with Gasteiger partial charge in [-0.15, -0.1) is 0 Å². The summed E-state index contributed by atoms with van der Waals surface area (Å²) in [7, 11) is 0. The summed E-state index contributed by atoms with van der Waals surface area (Å²) in [6, 6.07) is -0.540. The summed E-state index contributed by atoms with van der Waals surface area (Å²) in [5.41, 5.74) is 0. The summed E-state index contributed by atoms with van der Waals surface area (Å²) in [6.07, 6.45) is 112. The van der Waals surface area contributed by atoms with Crippen molar-refractivity contribution < 1.29 is 24.5 Å². The van der Waals surface area contributed by atoms with E-state index < -0.39 is 12.1 Å². The van der Waals surface area contributed by atoms with E-state index in [1.165, 1.54) is 443 Å². The van der Waals surface area contributed by atoms with Gasteiger partial charge in [-0.1, -0.05) is 449 Å². The van der Waals surface area contributed by atoms with Gasteiger partial charge in [-0.25, -0.2) is 0 Å². The lowest BCUT2D eigenvalue weighted by Crippen LogP contribution is -2.45. The molecule has 3 N–H and O–H groups in total. The van der Waals surface area contributed by atoms with Crippen molar-refractivity contribution >= 4 is 11.9 Å². The molecule has 0 aliphatic rings. The molecule has 0 aliphatic heterocycles. The van der Waals surface area contributed by atoms with Crippen LogP contribution in [0.5, 0.6) is 0 Å². The Morgan fingerprint density at radius 3 is 0.740 bits per heavy atom. The quantitative estimate of drug-likeness (QED) is 0.0320. The van der Waals surface area contributed by atoms with Crippen molar-refractivity contribution in [3.05, 3.63) is 24.3 Å². The molecule has 0 rings (SSSR count). The average molecular weight is 1350 g/mol. The summed E-state index contributed by atoms with van der Waals surface area (Å²) in [6.45, 7) is 5.02. The van der Waals surface area contributed by atoms with Crippen LogP contribution >= 0.6 is 0 Å². The number of carbonyl (C=O) groups excluding carboxylic acids is 2. The Hall–Kier alpha value is -1.66. The molecule has 0 spiro atoms. The molecule has 0 aliphatic carbocycles. The van der Waals surface area contributed by atoms with Crippen LogP contribution < -0.4 is 5.32 Å². The summed E-state index contributed by atoms with van der Waals surface area (Å²) in [5, 5.41) is 23.5. The van der Waals surface area contributed by atoms with E-state index in [-0.39, 0.29) is 18.5 Å². The molecule has 6 heteroatoms. The Labute approximate surface area is 602 Å². The molecular weight excluding hydrogens is 1170 g/mol. The number of allylic oxidation sites excluding steroid dienone is 4. The molecule has 1 amide bonds. The zero-order valence-electron chi connectivity index (χ0n) is 65.7. The fourth-order valence-electron chi connectivity index (χ4n) is 14.5. The van der Waals surface area contributed by atoms with Gasteiger partial charge in [0.25, 0.3) is 0 Å². The van der Waals surface area contributed by atoms with Crippen LogP contribution in [0, 0.1) is 0 Å². The molecule has 2 atom stereocenters. The molecule has 0 radical (unpaired) electrons. The van der Waals surface area contributed by atoms with E-state index >= 15 is 0 Å². The zero-order valence-corrected chi connectivity index (χ0v) is 65.7. The van der Waals surface area contributed by atoms with E-state index in [2.05, 4.69) is 43.5 Å². The fraction of sp³-hybridized carbons (Fsp3) is 0.933. The molecule has 0 aromatic rings. The van der Waals surface area contributed by atoms with Gasteiger partial charge in [0, 0.05) is 12.8 Å². The highest BCUT2D eigenvalue weighted by molar-refractivity contribution is 5.76. The normalized spacial score (nSPS) is 12.5. The first-order valence-electron chi connectivity index (χ1n) is 44.6. The topological polar surface area (TPSA) is 95.9 Å². The van der Waals surface area contributed by atoms with Gasteiger partial charge in [0.15, 0.2) is 0 Å². The summed E-state index contributed by atoms with van der Waals surface area (Å²) >= 11 is 0. The highest BCUT2D eigenvalue weighted by Crippen LogP contribution is 2.21. The number of aliphatic hydroxyl groups is 2. The van der Waals surface area contributed by atoms with E-state index in [9.17, 15) is 19.8 Å². The molecule has 0 aromatic heterocycles. The van der Waals surface area contributed by atoms with Crippen molar-refractivity contribution in [3.63, 3.8) is 0 Å². The fourth-order valence-corrected chi connectivity index (χ4v) is 14.5. The van der Waals surface area contributed by atoms with Crippen LogP contribution in [0.15, 0.2) is 24.3 Å². The van der Waals surface area contributed by atoms with Crippen LogP contribution in [0.4, 0.5) is 0 Å². The number of nitrogens with one attached hydrogen (secondary N) is 1. The van der Waals surface area contributed by atoms with E-state index in [1.54, 1.807) is 0 Å². The van der Waals surface area contributed by atoms with Crippen molar-refractivity contribution in [1.29, 1.82) is 0 Å². The van der Waals surface area contributed by atoms with Gasteiger partial charge in [-0.2, -0.15) is 0 Å². The Kier molecular flexibility index (Phi) is 84.3. The lowest BCUT2D eigenvalue weighted by atomic mass is 10.0. The number of carbonyl (C=O) groups is 2. The third kappa shape index (κ3) is 81.3.